The van der Waals surface area contributed by atoms with Crippen LogP contribution in [-0.2, 0) is 0 Å². The van der Waals surface area contributed by atoms with Crippen LogP contribution in [0.3, 0.4) is 0 Å². The maximum atomic E-state index is 5.59. The number of aromatic nitrogens is 3. The summed E-state index contributed by atoms with van der Waals surface area (Å²) in [6.07, 6.45) is 3.74. The Morgan fingerprint density at radius 3 is 2.88 bits per heavy atom. The van der Waals surface area contributed by atoms with Crippen molar-refractivity contribution >= 4 is 10.8 Å². The van der Waals surface area contributed by atoms with E-state index in [1.807, 2.05) is 24.3 Å². The third kappa shape index (κ3) is 2.51. The van der Waals surface area contributed by atoms with Crippen molar-refractivity contribution in [3.05, 3.63) is 54.6 Å². The minimum Gasteiger partial charge on any atom is -0.446 e. The Hall–Kier alpha value is -2.99. The molecular formula is C19H16N4O2. The second-order valence-electron chi connectivity index (χ2n) is 6.17. The highest BCUT2D eigenvalue weighted by Crippen LogP contribution is 2.29. The Balaban J connectivity index is 1.51. The number of benzene rings is 2. The van der Waals surface area contributed by atoms with Gasteiger partial charge in [0.05, 0.1) is 6.04 Å². The Bertz CT molecular complexity index is 1030. The first-order chi connectivity index (χ1) is 12.4. The molecule has 1 fully saturated rings. The lowest BCUT2D eigenvalue weighted by Gasteiger charge is -2.02. The summed E-state index contributed by atoms with van der Waals surface area (Å²) in [4.78, 5) is 9.03. The average Bonchev–Trinajstić information content (AvgIpc) is 3.41. The zero-order valence-electron chi connectivity index (χ0n) is 13.5. The van der Waals surface area contributed by atoms with Gasteiger partial charge in [0.15, 0.2) is 5.69 Å². The zero-order valence-corrected chi connectivity index (χ0v) is 13.5. The monoisotopic (exact) mass is 332 g/mol. The largest absolute Gasteiger partial charge is 0.446 e. The molecule has 1 atom stereocenters. The fraction of sp³-hybridized carbons (Fsp3) is 0.211. The molecule has 6 nitrogen and oxygen atoms in total. The van der Waals surface area contributed by atoms with Crippen molar-refractivity contribution in [1.82, 2.24) is 20.4 Å². The Morgan fingerprint density at radius 2 is 1.96 bits per heavy atom. The quantitative estimate of drug-likeness (QED) is 0.612. The van der Waals surface area contributed by atoms with Crippen molar-refractivity contribution in [2.24, 2.45) is 0 Å². The summed E-state index contributed by atoms with van der Waals surface area (Å²) in [6, 6.07) is 14.4. The Kier molecular flexibility index (Phi) is 3.34. The van der Waals surface area contributed by atoms with Gasteiger partial charge in [-0.25, -0.2) is 4.98 Å². The number of hydrogen-bond acceptors (Lipinski definition) is 6. The Labute approximate surface area is 143 Å². The fourth-order valence-electron chi connectivity index (χ4n) is 3.30. The van der Waals surface area contributed by atoms with Crippen LogP contribution in [0.2, 0.25) is 0 Å². The highest BCUT2D eigenvalue weighted by molar-refractivity contribution is 5.95. The summed E-state index contributed by atoms with van der Waals surface area (Å²) >= 11 is 0. The molecule has 0 radical (unpaired) electrons. The molecule has 6 heteroatoms. The number of rotatable bonds is 3. The van der Waals surface area contributed by atoms with Gasteiger partial charge in [0.1, 0.15) is 6.26 Å². The third-order valence-electron chi connectivity index (χ3n) is 4.56. The molecule has 1 aliphatic heterocycles. The molecule has 0 saturated carbocycles. The first-order valence-corrected chi connectivity index (χ1v) is 8.39. The molecule has 25 heavy (non-hydrogen) atoms. The standard InChI is InChI=1S/C19H16N4O2/c1-2-7-13-12(5-1)6-3-8-14(13)17-22-19(25-23-17)16-11-24-18(21-16)15-9-4-10-20-15/h1-3,5-8,11,15,20H,4,9-10H2/t15-/m0/s1. The number of nitrogens with zero attached hydrogens (tertiary/aromatic N) is 3. The second-order valence-corrected chi connectivity index (χ2v) is 6.17. The van der Waals surface area contributed by atoms with Gasteiger partial charge in [0.2, 0.25) is 11.7 Å². The van der Waals surface area contributed by atoms with Crippen LogP contribution in [0.4, 0.5) is 0 Å². The van der Waals surface area contributed by atoms with Gasteiger partial charge in [-0.15, -0.1) is 0 Å². The van der Waals surface area contributed by atoms with E-state index in [0.29, 0.717) is 23.3 Å². The maximum absolute atomic E-state index is 5.59. The molecule has 1 saturated heterocycles. The molecule has 124 valence electrons. The molecule has 0 bridgehead atoms. The maximum Gasteiger partial charge on any atom is 0.280 e. The lowest BCUT2D eigenvalue weighted by molar-refractivity contribution is 0.428. The molecule has 2 aromatic heterocycles. The van der Waals surface area contributed by atoms with Crippen LogP contribution in [-0.4, -0.2) is 21.7 Å². The normalized spacial score (nSPS) is 17.4. The van der Waals surface area contributed by atoms with Crippen LogP contribution in [0, 0.1) is 0 Å². The zero-order chi connectivity index (χ0) is 16.6. The molecule has 0 amide bonds. The third-order valence-corrected chi connectivity index (χ3v) is 4.56. The van der Waals surface area contributed by atoms with Crippen LogP contribution in [0.5, 0.6) is 0 Å². The van der Waals surface area contributed by atoms with Gasteiger partial charge in [-0.3, -0.25) is 0 Å². The van der Waals surface area contributed by atoms with Crippen molar-refractivity contribution in [2.45, 2.75) is 18.9 Å². The molecule has 4 aromatic rings. The van der Waals surface area contributed by atoms with Gasteiger partial charge < -0.3 is 14.3 Å². The SMILES string of the molecule is c1ccc2c(-c3noc(-c4coc([C@@H]5CCCN5)n4)n3)cccc2c1. The molecular weight excluding hydrogens is 316 g/mol. The van der Waals surface area contributed by atoms with Gasteiger partial charge in [-0.2, -0.15) is 4.98 Å². The molecule has 5 rings (SSSR count). The van der Waals surface area contributed by atoms with E-state index in [4.69, 9.17) is 8.94 Å². The van der Waals surface area contributed by atoms with Crippen molar-refractivity contribution in [2.75, 3.05) is 6.54 Å². The average molecular weight is 332 g/mol. The predicted molar refractivity (Wildman–Crippen MR) is 92.7 cm³/mol. The summed E-state index contributed by atoms with van der Waals surface area (Å²) in [5, 5.41) is 9.73. The first-order valence-electron chi connectivity index (χ1n) is 8.39. The van der Waals surface area contributed by atoms with E-state index in [9.17, 15) is 0 Å². The van der Waals surface area contributed by atoms with Gasteiger partial charge in [-0.05, 0) is 30.2 Å². The summed E-state index contributed by atoms with van der Waals surface area (Å²) in [7, 11) is 0. The lowest BCUT2D eigenvalue weighted by atomic mass is 10.0. The summed E-state index contributed by atoms with van der Waals surface area (Å²) in [5.41, 5.74) is 1.51. The molecule has 1 N–H and O–H groups in total. The predicted octanol–water partition coefficient (Wildman–Crippen LogP) is 3.97. The lowest BCUT2D eigenvalue weighted by Crippen LogP contribution is -2.12. The first kappa shape index (κ1) is 14.4. The van der Waals surface area contributed by atoms with E-state index in [2.05, 4.69) is 38.6 Å². The topological polar surface area (TPSA) is 77.0 Å². The van der Waals surface area contributed by atoms with Crippen LogP contribution in [0.25, 0.3) is 33.7 Å². The van der Waals surface area contributed by atoms with Gasteiger partial charge in [0.25, 0.3) is 5.89 Å². The number of hydrogen-bond donors (Lipinski definition) is 1. The molecule has 0 spiro atoms. The molecule has 3 heterocycles. The van der Waals surface area contributed by atoms with E-state index in [0.717, 1.165) is 35.7 Å². The summed E-state index contributed by atoms with van der Waals surface area (Å²) in [6.45, 7) is 0.994. The van der Waals surface area contributed by atoms with E-state index in [1.165, 1.54) is 0 Å². The van der Waals surface area contributed by atoms with Crippen LogP contribution in [0.1, 0.15) is 24.8 Å². The molecule has 0 aliphatic carbocycles. The van der Waals surface area contributed by atoms with Crippen LogP contribution in [0.15, 0.2) is 57.7 Å². The number of oxazole rings is 1. The van der Waals surface area contributed by atoms with Gasteiger partial charge in [0, 0.05) is 5.56 Å². The van der Waals surface area contributed by atoms with Gasteiger partial charge in [-0.1, -0.05) is 47.6 Å². The summed E-state index contributed by atoms with van der Waals surface area (Å²) < 4.78 is 11.0. The van der Waals surface area contributed by atoms with Crippen molar-refractivity contribution < 1.29 is 8.94 Å². The van der Waals surface area contributed by atoms with E-state index in [-0.39, 0.29) is 6.04 Å². The molecule has 1 aliphatic rings. The number of fused-ring (bicyclic) bond motifs is 1. The Morgan fingerprint density at radius 1 is 1.04 bits per heavy atom. The smallest absolute Gasteiger partial charge is 0.280 e. The minimum absolute atomic E-state index is 0.175. The van der Waals surface area contributed by atoms with E-state index < -0.39 is 0 Å². The number of nitrogens with one attached hydrogen (secondary N) is 1. The molecule has 2 aromatic carbocycles. The highest BCUT2D eigenvalue weighted by Gasteiger charge is 2.23. The van der Waals surface area contributed by atoms with Crippen LogP contribution >= 0.6 is 0 Å². The van der Waals surface area contributed by atoms with Crippen molar-refractivity contribution in [3.8, 4) is 23.0 Å². The fourth-order valence-corrected chi connectivity index (χ4v) is 3.30. The van der Waals surface area contributed by atoms with E-state index >= 15 is 0 Å². The van der Waals surface area contributed by atoms with Crippen LogP contribution < -0.4 is 5.32 Å². The van der Waals surface area contributed by atoms with Crippen molar-refractivity contribution in [3.63, 3.8) is 0 Å². The van der Waals surface area contributed by atoms with Crippen molar-refractivity contribution in [1.29, 1.82) is 0 Å². The highest BCUT2D eigenvalue weighted by atomic mass is 16.5. The van der Waals surface area contributed by atoms with E-state index in [1.54, 1.807) is 6.26 Å². The molecule has 0 unspecified atom stereocenters. The van der Waals surface area contributed by atoms with Gasteiger partial charge >= 0.3 is 0 Å². The minimum atomic E-state index is 0.175. The summed E-state index contributed by atoms with van der Waals surface area (Å²) in [5.74, 6) is 1.60. The second kappa shape index (κ2) is 5.82.